The summed E-state index contributed by atoms with van der Waals surface area (Å²) in [7, 11) is 5.70. The van der Waals surface area contributed by atoms with Gasteiger partial charge in [0.15, 0.2) is 5.96 Å². The van der Waals surface area contributed by atoms with Crippen LogP contribution in [0.2, 0.25) is 0 Å². The van der Waals surface area contributed by atoms with Crippen molar-refractivity contribution in [2.75, 3.05) is 34.3 Å². The lowest BCUT2D eigenvalue weighted by Crippen LogP contribution is -2.43. The van der Waals surface area contributed by atoms with E-state index < -0.39 is 0 Å². The standard InChI is InChI=1S/C17H28N4O.HI/c1-13-7-8-14(16(10-13)22-4)11-19-17(18-2)20-12-15-6-5-9-21(15)3;/h7-8,10,15H,5-6,9,11-12H2,1-4H3,(H2,18,19,20);1H. The number of nitrogens with one attached hydrogen (secondary N) is 2. The molecule has 1 fully saturated rings. The fraction of sp³-hybridized carbons (Fsp3) is 0.588. The molecule has 0 saturated carbocycles. The third kappa shape index (κ3) is 5.84. The summed E-state index contributed by atoms with van der Waals surface area (Å²) in [6, 6.07) is 6.86. The smallest absolute Gasteiger partial charge is 0.191 e. The van der Waals surface area contributed by atoms with Gasteiger partial charge in [-0.3, -0.25) is 4.99 Å². The molecular weight excluding hydrogens is 403 g/mol. The Labute approximate surface area is 156 Å². The predicted molar refractivity (Wildman–Crippen MR) is 107 cm³/mol. The fourth-order valence-electron chi connectivity index (χ4n) is 2.85. The molecule has 5 nitrogen and oxygen atoms in total. The number of likely N-dealkylation sites (tertiary alicyclic amines) is 1. The van der Waals surface area contributed by atoms with Gasteiger partial charge in [-0.2, -0.15) is 0 Å². The lowest BCUT2D eigenvalue weighted by Gasteiger charge is -2.21. The molecular formula is C17H29IN4O. The van der Waals surface area contributed by atoms with Gasteiger partial charge >= 0.3 is 0 Å². The Morgan fingerprint density at radius 1 is 1.39 bits per heavy atom. The summed E-state index contributed by atoms with van der Waals surface area (Å²) in [4.78, 5) is 6.70. The largest absolute Gasteiger partial charge is 0.496 e. The van der Waals surface area contributed by atoms with Crippen LogP contribution in [-0.2, 0) is 6.54 Å². The van der Waals surface area contributed by atoms with E-state index in [1.165, 1.54) is 24.9 Å². The number of hydrogen-bond donors (Lipinski definition) is 2. The zero-order chi connectivity index (χ0) is 15.9. The minimum absolute atomic E-state index is 0. The van der Waals surface area contributed by atoms with Gasteiger partial charge < -0.3 is 20.3 Å². The summed E-state index contributed by atoms with van der Waals surface area (Å²) in [6.07, 6.45) is 2.54. The average Bonchev–Trinajstić information content (AvgIpc) is 2.93. The Morgan fingerprint density at radius 2 is 2.17 bits per heavy atom. The molecule has 1 unspecified atom stereocenters. The quantitative estimate of drug-likeness (QED) is 0.426. The van der Waals surface area contributed by atoms with Crippen LogP contribution >= 0.6 is 24.0 Å². The van der Waals surface area contributed by atoms with E-state index in [9.17, 15) is 0 Å². The Kier molecular flexibility index (Phi) is 8.68. The van der Waals surface area contributed by atoms with Crippen molar-refractivity contribution in [1.82, 2.24) is 15.5 Å². The number of hydrogen-bond acceptors (Lipinski definition) is 3. The molecule has 1 aromatic rings. The second kappa shape index (κ2) is 9.97. The first-order valence-electron chi connectivity index (χ1n) is 7.92. The van der Waals surface area contributed by atoms with Crippen LogP contribution < -0.4 is 15.4 Å². The molecule has 1 heterocycles. The molecule has 1 saturated heterocycles. The van der Waals surface area contributed by atoms with E-state index >= 15 is 0 Å². The number of ether oxygens (including phenoxy) is 1. The van der Waals surface area contributed by atoms with E-state index in [-0.39, 0.29) is 24.0 Å². The Balaban J connectivity index is 0.00000264. The van der Waals surface area contributed by atoms with Crippen molar-refractivity contribution in [2.24, 2.45) is 4.99 Å². The van der Waals surface area contributed by atoms with Gasteiger partial charge in [0.25, 0.3) is 0 Å². The predicted octanol–water partition coefficient (Wildman–Crippen LogP) is 2.38. The van der Waals surface area contributed by atoms with Gasteiger partial charge in [0.2, 0.25) is 0 Å². The van der Waals surface area contributed by atoms with Crippen LogP contribution in [0.1, 0.15) is 24.0 Å². The summed E-state index contributed by atoms with van der Waals surface area (Å²) in [5.41, 5.74) is 2.33. The molecule has 0 amide bonds. The van der Waals surface area contributed by atoms with Gasteiger partial charge in [-0.25, -0.2) is 0 Å². The maximum Gasteiger partial charge on any atom is 0.191 e. The number of benzene rings is 1. The topological polar surface area (TPSA) is 48.9 Å². The number of halogens is 1. The Hall–Kier alpha value is -1.02. The fourth-order valence-corrected chi connectivity index (χ4v) is 2.85. The second-order valence-electron chi connectivity index (χ2n) is 5.90. The summed E-state index contributed by atoms with van der Waals surface area (Å²) >= 11 is 0. The van der Waals surface area contributed by atoms with Crippen LogP contribution in [0.4, 0.5) is 0 Å². The zero-order valence-corrected chi connectivity index (χ0v) is 16.9. The molecule has 1 aromatic carbocycles. The van der Waals surface area contributed by atoms with Crippen LogP contribution in [-0.4, -0.2) is 51.2 Å². The van der Waals surface area contributed by atoms with Crippen LogP contribution in [0.5, 0.6) is 5.75 Å². The number of rotatable bonds is 5. The maximum atomic E-state index is 5.44. The van der Waals surface area contributed by atoms with Crippen LogP contribution in [0.15, 0.2) is 23.2 Å². The first-order valence-corrected chi connectivity index (χ1v) is 7.92. The van der Waals surface area contributed by atoms with Crippen molar-refractivity contribution in [3.05, 3.63) is 29.3 Å². The van der Waals surface area contributed by atoms with E-state index in [2.05, 4.69) is 52.7 Å². The molecule has 0 spiro atoms. The van der Waals surface area contributed by atoms with E-state index in [4.69, 9.17) is 4.74 Å². The van der Waals surface area contributed by atoms with Crippen LogP contribution in [0, 0.1) is 6.92 Å². The normalized spacial score (nSPS) is 18.4. The lowest BCUT2D eigenvalue weighted by molar-refractivity contribution is 0.309. The number of aryl methyl sites for hydroxylation is 1. The molecule has 1 aliphatic rings. The van der Waals surface area contributed by atoms with E-state index in [1.807, 2.05) is 0 Å². The van der Waals surface area contributed by atoms with Crippen molar-refractivity contribution in [3.8, 4) is 5.75 Å². The van der Waals surface area contributed by atoms with Gasteiger partial charge in [0.1, 0.15) is 5.75 Å². The van der Waals surface area contributed by atoms with Gasteiger partial charge in [0.05, 0.1) is 7.11 Å². The zero-order valence-electron chi connectivity index (χ0n) is 14.6. The number of guanidine groups is 1. The Bertz CT molecular complexity index is 521. The first kappa shape index (κ1) is 20.0. The highest BCUT2D eigenvalue weighted by atomic mass is 127. The van der Waals surface area contributed by atoms with Gasteiger partial charge in [-0.05, 0) is 45.0 Å². The van der Waals surface area contributed by atoms with Crippen molar-refractivity contribution in [3.63, 3.8) is 0 Å². The highest BCUT2D eigenvalue weighted by Gasteiger charge is 2.20. The maximum absolute atomic E-state index is 5.44. The third-order valence-electron chi connectivity index (χ3n) is 4.29. The molecule has 1 atom stereocenters. The minimum atomic E-state index is 0. The van der Waals surface area contributed by atoms with Crippen molar-refractivity contribution < 1.29 is 4.74 Å². The highest BCUT2D eigenvalue weighted by molar-refractivity contribution is 14.0. The molecule has 23 heavy (non-hydrogen) atoms. The van der Waals surface area contributed by atoms with Crippen LogP contribution in [0.25, 0.3) is 0 Å². The highest BCUT2D eigenvalue weighted by Crippen LogP contribution is 2.19. The van der Waals surface area contributed by atoms with E-state index in [0.717, 1.165) is 23.8 Å². The number of likely N-dealkylation sites (N-methyl/N-ethyl adjacent to an activating group) is 1. The molecule has 0 radical (unpaired) electrons. The van der Waals surface area contributed by atoms with Crippen molar-refractivity contribution in [2.45, 2.75) is 32.4 Å². The minimum Gasteiger partial charge on any atom is -0.496 e. The molecule has 130 valence electrons. The van der Waals surface area contributed by atoms with Gasteiger partial charge in [-0.15, -0.1) is 24.0 Å². The summed E-state index contributed by atoms with van der Waals surface area (Å²) in [5.74, 6) is 1.75. The summed E-state index contributed by atoms with van der Waals surface area (Å²) in [5, 5.41) is 6.78. The van der Waals surface area contributed by atoms with Gasteiger partial charge in [-0.1, -0.05) is 12.1 Å². The van der Waals surface area contributed by atoms with Crippen molar-refractivity contribution in [1.29, 1.82) is 0 Å². The molecule has 1 aliphatic heterocycles. The molecule has 0 aliphatic carbocycles. The number of methoxy groups -OCH3 is 1. The monoisotopic (exact) mass is 432 g/mol. The van der Waals surface area contributed by atoms with Crippen molar-refractivity contribution >= 4 is 29.9 Å². The van der Waals surface area contributed by atoms with E-state index in [1.54, 1.807) is 14.2 Å². The SMILES string of the molecule is CN=C(NCc1ccc(C)cc1OC)NCC1CCCN1C.I. The summed E-state index contributed by atoms with van der Waals surface area (Å²) in [6.45, 7) is 4.89. The lowest BCUT2D eigenvalue weighted by atomic mass is 10.1. The number of nitrogens with zero attached hydrogens (tertiary/aromatic N) is 2. The number of aliphatic imine (C=N–C) groups is 1. The molecule has 2 N–H and O–H groups in total. The first-order chi connectivity index (χ1) is 10.6. The molecule has 2 rings (SSSR count). The Morgan fingerprint density at radius 3 is 2.78 bits per heavy atom. The summed E-state index contributed by atoms with van der Waals surface area (Å²) < 4.78 is 5.44. The molecule has 0 aromatic heterocycles. The second-order valence-corrected chi connectivity index (χ2v) is 5.90. The molecule has 0 bridgehead atoms. The third-order valence-corrected chi connectivity index (χ3v) is 4.29. The molecule has 6 heteroatoms. The van der Waals surface area contributed by atoms with Gasteiger partial charge in [0, 0.05) is 31.7 Å². The van der Waals surface area contributed by atoms with E-state index in [0.29, 0.717) is 12.6 Å². The average molecular weight is 432 g/mol. The van der Waals surface area contributed by atoms with Crippen LogP contribution in [0.3, 0.4) is 0 Å².